The molecule has 0 bridgehead atoms. The first-order valence-corrected chi connectivity index (χ1v) is 15.6. The first-order chi connectivity index (χ1) is 20.4. The van der Waals surface area contributed by atoms with Gasteiger partial charge in [0.05, 0.1) is 27.4 Å². The van der Waals surface area contributed by atoms with Gasteiger partial charge in [-0.2, -0.15) is 0 Å². The van der Waals surface area contributed by atoms with Gasteiger partial charge < -0.3 is 9.84 Å². The average Bonchev–Trinajstić information content (AvgIpc) is 3.66. The number of carbonyl (C=O) groups is 1. The molecule has 1 aliphatic carbocycles. The van der Waals surface area contributed by atoms with Crippen LogP contribution in [0.1, 0.15) is 44.2 Å². The molecule has 220 valence electrons. The number of piperazine rings is 1. The summed E-state index contributed by atoms with van der Waals surface area (Å²) in [6.07, 6.45) is 6.70. The Bertz CT molecular complexity index is 1540. The number of aliphatic hydroxyl groups is 1. The molecule has 2 atom stereocenters. The molecule has 1 aromatic carbocycles. The molecular formula is C33H37FN4O3S. The number of aromatic nitrogens is 2. The quantitative estimate of drug-likeness (QED) is 0.227. The molecule has 1 aliphatic heterocycles. The molecule has 42 heavy (non-hydrogen) atoms. The van der Waals surface area contributed by atoms with Crippen LogP contribution in [-0.2, 0) is 17.8 Å². The van der Waals surface area contributed by atoms with Gasteiger partial charge >= 0.3 is 0 Å². The molecule has 6 rings (SSSR count). The molecule has 1 saturated heterocycles. The summed E-state index contributed by atoms with van der Waals surface area (Å²) in [5, 5.41) is 9.37. The Balaban J connectivity index is 1.13. The maximum atomic E-state index is 15.0. The van der Waals surface area contributed by atoms with Gasteiger partial charge in [0, 0.05) is 69.6 Å². The third-order valence-corrected chi connectivity index (χ3v) is 9.39. The Morgan fingerprint density at radius 1 is 1.05 bits per heavy atom. The number of ether oxygens (including phenoxy) is 1. The summed E-state index contributed by atoms with van der Waals surface area (Å²) in [5.41, 5.74) is 3.45. The summed E-state index contributed by atoms with van der Waals surface area (Å²) in [5.74, 6) is 0.868. The minimum absolute atomic E-state index is 0.124. The summed E-state index contributed by atoms with van der Waals surface area (Å²) in [7, 11) is 0. The van der Waals surface area contributed by atoms with Gasteiger partial charge in [0.2, 0.25) is 0 Å². The lowest BCUT2D eigenvalue weighted by Gasteiger charge is -2.44. The Hall–Kier alpha value is -3.24. The van der Waals surface area contributed by atoms with E-state index in [1.54, 1.807) is 24.4 Å². The van der Waals surface area contributed by atoms with Gasteiger partial charge in [-0.3, -0.25) is 24.6 Å². The third-order valence-electron chi connectivity index (χ3n) is 8.23. The second kappa shape index (κ2) is 12.6. The van der Waals surface area contributed by atoms with E-state index in [1.165, 1.54) is 17.4 Å². The minimum atomic E-state index is -0.482. The summed E-state index contributed by atoms with van der Waals surface area (Å²) >= 11 is 1.52. The predicted molar refractivity (Wildman–Crippen MR) is 163 cm³/mol. The van der Waals surface area contributed by atoms with Crippen LogP contribution in [0, 0.1) is 11.7 Å². The Kier molecular flexibility index (Phi) is 8.62. The Morgan fingerprint density at radius 2 is 1.83 bits per heavy atom. The number of benzene rings is 1. The number of β-amino-alcohol motifs (C(OH)–C–C–N with tert-alkyl or cyclic N) is 1. The summed E-state index contributed by atoms with van der Waals surface area (Å²) in [6, 6.07) is 13.5. The second-order valence-corrected chi connectivity index (χ2v) is 12.8. The molecule has 0 unspecified atom stereocenters. The van der Waals surface area contributed by atoms with E-state index in [4.69, 9.17) is 9.72 Å². The van der Waals surface area contributed by atoms with Crippen molar-refractivity contribution in [3.8, 4) is 22.1 Å². The maximum Gasteiger partial charge on any atom is 0.166 e. The molecule has 3 aromatic heterocycles. The first-order valence-electron chi connectivity index (χ1n) is 14.8. The van der Waals surface area contributed by atoms with Crippen LogP contribution in [0.25, 0.3) is 20.8 Å². The van der Waals surface area contributed by atoms with Crippen LogP contribution in [0.4, 0.5) is 4.39 Å². The lowest BCUT2D eigenvalue weighted by Crippen LogP contribution is -2.56. The molecule has 4 heterocycles. The molecule has 4 aromatic rings. The second-order valence-electron chi connectivity index (χ2n) is 11.8. The van der Waals surface area contributed by atoms with E-state index >= 15 is 0 Å². The summed E-state index contributed by atoms with van der Waals surface area (Å²) in [6.45, 7) is 8.09. The van der Waals surface area contributed by atoms with Crippen molar-refractivity contribution < 1.29 is 19.0 Å². The average molecular weight is 589 g/mol. The number of rotatable bonds is 11. The highest BCUT2D eigenvalue weighted by molar-refractivity contribution is 7.22. The number of hydrogen-bond acceptors (Lipinski definition) is 8. The molecular weight excluding hydrogens is 551 g/mol. The number of carbonyl (C=O) groups excluding carboxylic acids is 1. The fraction of sp³-hybridized carbons (Fsp3) is 0.424. The molecule has 2 fully saturated rings. The zero-order valence-corrected chi connectivity index (χ0v) is 24.9. The van der Waals surface area contributed by atoms with Crippen molar-refractivity contribution in [1.82, 2.24) is 19.8 Å². The highest BCUT2D eigenvalue weighted by Crippen LogP contribution is 2.39. The predicted octanol–water partition coefficient (Wildman–Crippen LogP) is 6.09. The highest BCUT2D eigenvalue weighted by atomic mass is 32.1. The number of pyridine rings is 2. The first kappa shape index (κ1) is 28.9. The van der Waals surface area contributed by atoms with Crippen molar-refractivity contribution in [2.45, 2.75) is 58.2 Å². The fourth-order valence-corrected chi connectivity index (χ4v) is 7.04. The molecule has 1 N–H and O–H groups in total. The Morgan fingerprint density at radius 3 is 2.52 bits per heavy atom. The number of Topliss-reactive ketones (excluding diaryl/α,β-unsaturated/α-hetero) is 1. The van der Waals surface area contributed by atoms with E-state index in [-0.39, 0.29) is 24.6 Å². The third kappa shape index (κ3) is 6.70. The standard InChI is InChI=1S/C33H37FN4O3S/c1-21-18-37(19-22(2)38(21)11-12-39)20-25-5-7-28(36-17-25)32-16-29-33(42-32)31(9-10-35-29)41-30-8-6-24(15-27(30)34)14-26(40)13-23-3-4-23/h5-10,15-17,21-23,39H,3-4,11-14,18-20H2,1-2H3/t21-,22+. The van der Waals surface area contributed by atoms with E-state index in [0.717, 1.165) is 58.8 Å². The number of ketones is 1. The lowest BCUT2D eigenvalue weighted by molar-refractivity contribution is -0.118. The van der Waals surface area contributed by atoms with Crippen molar-refractivity contribution in [1.29, 1.82) is 0 Å². The van der Waals surface area contributed by atoms with Gasteiger partial charge in [0.15, 0.2) is 11.6 Å². The molecule has 9 heteroatoms. The van der Waals surface area contributed by atoms with Crippen LogP contribution in [0.5, 0.6) is 11.5 Å². The van der Waals surface area contributed by atoms with Gasteiger partial charge in [-0.05, 0) is 68.0 Å². The molecule has 0 spiro atoms. The normalized spacial score (nSPS) is 19.8. The number of nitrogens with zero attached hydrogens (tertiary/aromatic N) is 4. The monoisotopic (exact) mass is 588 g/mol. The highest BCUT2D eigenvalue weighted by Gasteiger charge is 2.29. The lowest BCUT2D eigenvalue weighted by atomic mass is 10.0. The van der Waals surface area contributed by atoms with Crippen LogP contribution in [0.2, 0.25) is 0 Å². The smallest absolute Gasteiger partial charge is 0.166 e. The van der Waals surface area contributed by atoms with E-state index in [1.807, 2.05) is 18.3 Å². The van der Waals surface area contributed by atoms with Gasteiger partial charge in [0.1, 0.15) is 11.5 Å². The minimum Gasteiger partial charge on any atom is -0.453 e. The van der Waals surface area contributed by atoms with Crippen molar-refractivity contribution in [2.75, 3.05) is 26.2 Å². The fourth-order valence-electron chi connectivity index (χ4n) is 5.99. The van der Waals surface area contributed by atoms with Gasteiger partial charge in [-0.1, -0.05) is 12.1 Å². The maximum absolute atomic E-state index is 15.0. The van der Waals surface area contributed by atoms with Crippen LogP contribution >= 0.6 is 11.3 Å². The number of aliphatic hydroxyl groups excluding tert-OH is 1. The zero-order chi connectivity index (χ0) is 29.2. The number of halogens is 1. The van der Waals surface area contributed by atoms with Crippen LogP contribution in [0.3, 0.4) is 0 Å². The number of fused-ring (bicyclic) bond motifs is 1. The van der Waals surface area contributed by atoms with Crippen molar-refractivity contribution in [3.63, 3.8) is 0 Å². The van der Waals surface area contributed by atoms with E-state index in [0.29, 0.717) is 42.3 Å². The van der Waals surface area contributed by atoms with Gasteiger partial charge in [-0.15, -0.1) is 11.3 Å². The topological polar surface area (TPSA) is 78.8 Å². The van der Waals surface area contributed by atoms with Crippen LogP contribution in [0.15, 0.2) is 54.9 Å². The molecule has 2 aliphatic rings. The molecule has 0 radical (unpaired) electrons. The van der Waals surface area contributed by atoms with Crippen LogP contribution < -0.4 is 4.74 Å². The largest absolute Gasteiger partial charge is 0.453 e. The van der Waals surface area contributed by atoms with E-state index in [9.17, 15) is 14.3 Å². The molecule has 1 saturated carbocycles. The Labute approximate surface area is 250 Å². The number of hydrogen-bond donors (Lipinski definition) is 1. The SMILES string of the molecule is C[C@@H]1CN(Cc2ccc(-c3cc4nccc(Oc5ccc(CC(=O)CC6CC6)cc5F)c4s3)nc2)C[C@H](C)N1CCO. The van der Waals surface area contributed by atoms with Gasteiger partial charge in [-0.25, -0.2) is 4.39 Å². The van der Waals surface area contributed by atoms with Crippen molar-refractivity contribution in [3.05, 3.63) is 71.8 Å². The van der Waals surface area contributed by atoms with E-state index in [2.05, 4.69) is 34.7 Å². The molecule has 7 nitrogen and oxygen atoms in total. The van der Waals surface area contributed by atoms with Crippen LogP contribution in [-0.4, -0.2) is 69.0 Å². The molecule has 0 amide bonds. The van der Waals surface area contributed by atoms with Crippen molar-refractivity contribution in [2.24, 2.45) is 5.92 Å². The summed E-state index contributed by atoms with van der Waals surface area (Å²) in [4.78, 5) is 27.2. The zero-order valence-electron chi connectivity index (χ0n) is 24.1. The van der Waals surface area contributed by atoms with E-state index < -0.39 is 5.82 Å². The number of thiophene rings is 1. The summed E-state index contributed by atoms with van der Waals surface area (Å²) < 4.78 is 21.8. The van der Waals surface area contributed by atoms with Gasteiger partial charge in [0.25, 0.3) is 0 Å². The van der Waals surface area contributed by atoms with Crippen molar-refractivity contribution >= 4 is 27.3 Å².